The van der Waals surface area contributed by atoms with Crippen LogP contribution in [0.15, 0.2) is 23.2 Å². The van der Waals surface area contributed by atoms with E-state index in [2.05, 4.69) is 17.2 Å². The van der Waals surface area contributed by atoms with E-state index >= 15 is 0 Å². The summed E-state index contributed by atoms with van der Waals surface area (Å²) in [6.45, 7) is 4.54. The first-order valence-electron chi connectivity index (χ1n) is 5.62. The van der Waals surface area contributed by atoms with Crippen LogP contribution in [0.4, 0.5) is 5.82 Å². The van der Waals surface area contributed by atoms with Crippen LogP contribution in [-0.4, -0.2) is 45.3 Å². The van der Waals surface area contributed by atoms with Gasteiger partial charge in [0, 0.05) is 38.1 Å². The minimum atomic E-state index is -3.23. The Kier molecular flexibility index (Phi) is 3.35. The molecule has 5 nitrogen and oxygen atoms in total. The fourth-order valence-electron chi connectivity index (χ4n) is 2.04. The van der Waals surface area contributed by atoms with Crippen molar-refractivity contribution in [3.8, 4) is 0 Å². The van der Waals surface area contributed by atoms with Crippen molar-refractivity contribution >= 4 is 15.7 Å². The number of aromatic nitrogens is 1. The molecule has 1 N–H and O–H groups in total. The number of nitrogens with zero attached hydrogens (tertiary/aromatic N) is 2. The van der Waals surface area contributed by atoms with Gasteiger partial charge in [0.05, 0.1) is 0 Å². The molecule has 1 aromatic rings. The van der Waals surface area contributed by atoms with Crippen molar-refractivity contribution in [3.05, 3.63) is 18.3 Å². The van der Waals surface area contributed by atoms with Gasteiger partial charge in [0.1, 0.15) is 10.7 Å². The highest BCUT2D eigenvalue weighted by Crippen LogP contribution is 2.24. The lowest BCUT2D eigenvalue weighted by Crippen LogP contribution is -2.50. The molecule has 1 atom stereocenters. The van der Waals surface area contributed by atoms with Crippen LogP contribution in [0.2, 0.25) is 0 Å². The molecule has 1 aromatic heterocycles. The molecule has 1 saturated heterocycles. The Labute approximate surface area is 102 Å². The molecule has 6 heteroatoms. The molecule has 1 aliphatic heterocycles. The Balaban J connectivity index is 2.44. The van der Waals surface area contributed by atoms with E-state index in [-0.39, 0.29) is 6.04 Å². The van der Waals surface area contributed by atoms with Gasteiger partial charge < -0.3 is 10.2 Å². The fourth-order valence-corrected chi connectivity index (χ4v) is 2.87. The fraction of sp³-hybridized carbons (Fsp3) is 0.545. The van der Waals surface area contributed by atoms with Crippen molar-refractivity contribution in [3.63, 3.8) is 0 Å². The summed E-state index contributed by atoms with van der Waals surface area (Å²) in [4.78, 5) is 6.60. The zero-order valence-corrected chi connectivity index (χ0v) is 10.9. The lowest BCUT2D eigenvalue weighted by atomic mass is 10.2. The summed E-state index contributed by atoms with van der Waals surface area (Å²) in [6.07, 6.45) is 2.86. The van der Waals surface area contributed by atoms with Crippen LogP contribution in [0.5, 0.6) is 0 Å². The van der Waals surface area contributed by atoms with Gasteiger partial charge in [0.25, 0.3) is 0 Å². The molecule has 1 unspecified atom stereocenters. The summed E-state index contributed by atoms with van der Waals surface area (Å²) in [5, 5.41) is 3.27. The van der Waals surface area contributed by atoms with Crippen LogP contribution in [0.25, 0.3) is 0 Å². The maximum atomic E-state index is 11.7. The van der Waals surface area contributed by atoms with E-state index in [0.29, 0.717) is 10.7 Å². The molecule has 0 bridgehead atoms. The summed E-state index contributed by atoms with van der Waals surface area (Å²) < 4.78 is 23.4. The molecule has 0 saturated carbocycles. The Hall–Kier alpha value is -1.14. The van der Waals surface area contributed by atoms with Crippen LogP contribution < -0.4 is 10.2 Å². The molecule has 0 spiro atoms. The van der Waals surface area contributed by atoms with Crippen molar-refractivity contribution in [1.29, 1.82) is 0 Å². The van der Waals surface area contributed by atoms with E-state index in [1.165, 1.54) is 6.26 Å². The van der Waals surface area contributed by atoms with Gasteiger partial charge >= 0.3 is 0 Å². The van der Waals surface area contributed by atoms with E-state index < -0.39 is 9.84 Å². The van der Waals surface area contributed by atoms with E-state index in [9.17, 15) is 8.42 Å². The molecule has 17 heavy (non-hydrogen) atoms. The van der Waals surface area contributed by atoms with Crippen molar-refractivity contribution in [2.24, 2.45) is 0 Å². The molecule has 1 fully saturated rings. The molecular weight excluding hydrogens is 238 g/mol. The summed E-state index contributed by atoms with van der Waals surface area (Å²) >= 11 is 0. The Morgan fingerprint density at radius 1 is 1.53 bits per heavy atom. The molecule has 94 valence electrons. The molecule has 2 heterocycles. The first kappa shape index (κ1) is 12.3. The van der Waals surface area contributed by atoms with Crippen LogP contribution in [-0.2, 0) is 9.84 Å². The highest BCUT2D eigenvalue weighted by atomic mass is 32.2. The maximum absolute atomic E-state index is 11.7. The minimum absolute atomic E-state index is 0.249. The standard InChI is InChI=1S/C11H17N3O2S/c1-9-8-12-6-7-14(9)11-10(17(2,15)16)4-3-5-13-11/h3-5,9,12H,6-8H2,1-2H3. The molecule has 1 aliphatic rings. The minimum Gasteiger partial charge on any atom is -0.350 e. The molecule has 0 radical (unpaired) electrons. The average molecular weight is 255 g/mol. The normalized spacial score (nSPS) is 21.5. The molecular formula is C11H17N3O2S. The first-order valence-corrected chi connectivity index (χ1v) is 7.52. The maximum Gasteiger partial charge on any atom is 0.179 e. The second-order valence-electron chi connectivity index (χ2n) is 4.34. The number of sulfone groups is 1. The molecule has 0 aliphatic carbocycles. The smallest absolute Gasteiger partial charge is 0.179 e. The number of anilines is 1. The molecule has 0 amide bonds. The van der Waals surface area contributed by atoms with Crippen molar-refractivity contribution in [2.75, 3.05) is 30.8 Å². The predicted molar refractivity (Wildman–Crippen MR) is 67.0 cm³/mol. The van der Waals surface area contributed by atoms with Crippen LogP contribution in [0, 0.1) is 0 Å². The van der Waals surface area contributed by atoms with Gasteiger partial charge in [-0.1, -0.05) is 0 Å². The first-order chi connectivity index (χ1) is 8.00. The topological polar surface area (TPSA) is 62.3 Å². The quantitative estimate of drug-likeness (QED) is 0.822. The molecule has 0 aromatic carbocycles. The Bertz CT molecular complexity index is 501. The Morgan fingerprint density at radius 2 is 2.29 bits per heavy atom. The highest BCUT2D eigenvalue weighted by molar-refractivity contribution is 7.90. The van der Waals surface area contributed by atoms with Crippen molar-refractivity contribution in [1.82, 2.24) is 10.3 Å². The lowest BCUT2D eigenvalue weighted by Gasteiger charge is -2.35. The lowest BCUT2D eigenvalue weighted by molar-refractivity contribution is 0.494. The third-order valence-corrected chi connectivity index (χ3v) is 4.04. The second kappa shape index (κ2) is 4.62. The zero-order valence-electron chi connectivity index (χ0n) is 10.0. The Morgan fingerprint density at radius 3 is 2.94 bits per heavy atom. The number of nitrogens with one attached hydrogen (secondary N) is 1. The van der Waals surface area contributed by atoms with Crippen LogP contribution in [0.1, 0.15) is 6.92 Å². The molecule has 2 rings (SSSR count). The van der Waals surface area contributed by atoms with Crippen molar-refractivity contribution in [2.45, 2.75) is 17.9 Å². The summed E-state index contributed by atoms with van der Waals surface area (Å²) in [5.41, 5.74) is 0. The average Bonchev–Trinajstić information content (AvgIpc) is 2.28. The van der Waals surface area contributed by atoms with Gasteiger partial charge in [-0.25, -0.2) is 13.4 Å². The predicted octanol–water partition coefficient (Wildman–Crippen LogP) is 0.283. The van der Waals surface area contributed by atoms with Gasteiger partial charge in [-0.2, -0.15) is 0 Å². The van der Waals surface area contributed by atoms with E-state index in [1.807, 2.05) is 4.90 Å². The van der Waals surface area contributed by atoms with Gasteiger partial charge in [-0.15, -0.1) is 0 Å². The largest absolute Gasteiger partial charge is 0.350 e. The summed E-state index contributed by atoms with van der Waals surface area (Å²) in [7, 11) is -3.23. The van der Waals surface area contributed by atoms with Gasteiger partial charge in [0.15, 0.2) is 9.84 Å². The number of hydrogen-bond donors (Lipinski definition) is 1. The SMILES string of the molecule is CC1CNCCN1c1ncccc1S(C)(=O)=O. The van der Waals surface area contributed by atoms with Gasteiger partial charge in [0.2, 0.25) is 0 Å². The van der Waals surface area contributed by atoms with Gasteiger partial charge in [-0.05, 0) is 19.1 Å². The summed E-state index contributed by atoms with van der Waals surface area (Å²) in [5.74, 6) is 0.573. The monoisotopic (exact) mass is 255 g/mol. The number of pyridine rings is 1. The number of hydrogen-bond acceptors (Lipinski definition) is 5. The van der Waals surface area contributed by atoms with Crippen LogP contribution in [0.3, 0.4) is 0 Å². The summed E-state index contributed by atoms with van der Waals surface area (Å²) in [6, 6.07) is 3.53. The van der Waals surface area contributed by atoms with Crippen molar-refractivity contribution < 1.29 is 8.42 Å². The third kappa shape index (κ3) is 2.58. The zero-order chi connectivity index (χ0) is 12.5. The van der Waals surface area contributed by atoms with E-state index in [0.717, 1.165) is 19.6 Å². The van der Waals surface area contributed by atoms with E-state index in [4.69, 9.17) is 0 Å². The van der Waals surface area contributed by atoms with Crippen LogP contribution >= 0.6 is 0 Å². The highest BCUT2D eigenvalue weighted by Gasteiger charge is 2.24. The third-order valence-electron chi connectivity index (χ3n) is 2.92. The van der Waals surface area contributed by atoms with Gasteiger partial charge in [-0.3, -0.25) is 0 Å². The number of piperazine rings is 1. The van der Waals surface area contributed by atoms with E-state index in [1.54, 1.807) is 18.3 Å². The second-order valence-corrected chi connectivity index (χ2v) is 6.33. The number of rotatable bonds is 2.